The third kappa shape index (κ3) is 2.75. The van der Waals surface area contributed by atoms with Crippen molar-refractivity contribution in [3.8, 4) is 0 Å². The van der Waals surface area contributed by atoms with E-state index >= 15 is 0 Å². The molecular weight excluding hydrogens is 219 g/mol. The molecule has 0 aliphatic heterocycles. The first-order chi connectivity index (χ1) is 7.02. The SMILES string of the molecule is COP(=O)(CC(=O)c1nccn1C)OC. The average molecular weight is 232 g/mol. The number of ketones is 1. The van der Waals surface area contributed by atoms with E-state index in [1.807, 2.05) is 0 Å². The lowest BCUT2D eigenvalue weighted by atomic mass is 10.4. The number of nitrogens with zero attached hydrogens (tertiary/aromatic N) is 2. The van der Waals surface area contributed by atoms with Gasteiger partial charge in [-0.05, 0) is 0 Å². The van der Waals surface area contributed by atoms with Crippen LogP contribution in [0.5, 0.6) is 0 Å². The van der Waals surface area contributed by atoms with Gasteiger partial charge in [-0.15, -0.1) is 0 Å². The molecule has 0 atom stereocenters. The van der Waals surface area contributed by atoms with E-state index in [9.17, 15) is 9.36 Å². The zero-order valence-corrected chi connectivity index (χ0v) is 9.73. The third-order valence-electron chi connectivity index (χ3n) is 1.96. The predicted octanol–water partition coefficient (Wildman–Crippen LogP) is 1.09. The fourth-order valence-corrected chi connectivity index (χ4v) is 1.98. The minimum Gasteiger partial charge on any atom is -0.332 e. The predicted molar refractivity (Wildman–Crippen MR) is 54.0 cm³/mol. The molecule has 0 N–H and O–H groups in total. The minimum absolute atomic E-state index is 0.240. The Morgan fingerprint density at radius 1 is 1.53 bits per heavy atom. The number of imidazole rings is 1. The summed E-state index contributed by atoms with van der Waals surface area (Å²) in [5, 5.41) is 0. The lowest BCUT2D eigenvalue weighted by molar-refractivity contribution is 0.0995. The lowest BCUT2D eigenvalue weighted by Crippen LogP contribution is -2.13. The second-order valence-electron chi connectivity index (χ2n) is 2.92. The summed E-state index contributed by atoms with van der Waals surface area (Å²) in [7, 11) is 0.876. The quantitative estimate of drug-likeness (QED) is 0.561. The molecule has 0 spiro atoms. The molecule has 0 saturated carbocycles. The Morgan fingerprint density at radius 2 is 2.13 bits per heavy atom. The third-order valence-corrected chi connectivity index (χ3v) is 3.75. The number of carbonyl (C=O) groups excluding carboxylic acids is 1. The number of aromatic nitrogens is 2. The van der Waals surface area contributed by atoms with Crippen LogP contribution in [0.15, 0.2) is 12.4 Å². The summed E-state index contributed by atoms with van der Waals surface area (Å²) in [6.07, 6.45) is 2.83. The van der Waals surface area contributed by atoms with Crippen molar-refractivity contribution >= 4 is 13.4 Å². The van der Waals surface area contributed by atoms with Gasteiger partial charge in [0.15, 0.2) is 5.82 Å². The van der Waals surface area contributed by atoms with Gasteiger partial charge in [-0.25, -0.2) is 4.98 Å². The highest BCUT2D eigenvalue weighted by molar-refractivity contribution is 7.54. The summed E-state index contributed by atoms with van der Waals surface area (Å²) in [4.78, 5) is 15.5. The van der Waals surface area contributed by atoms with Crippen LogP contribution >= 0.6 is 7.60 Å². The van der Waals surface area contributed by atoms with Crippen molar-refractivity contribution in [2.45, 2.75) is 0 Å². The van der Waals surface area contributed by atoms with Gasteiger partial charge in [-0.2, -0.15) is 0 Å². The molecular formula is C8H13N2O4P. The molecule has 1 aromatic heterocycles. The smallest absolute Gasteiger partial charge is 0.332 e. The van der Waals surface area contributed by atoms with Crippen molar-refractivity contribution in [3.05, 3.63) is 18.2 Å². The summed E-state index contributed by atoms with van der Waals surface area (Å²) in [5.74, 6) is -0.126. The summed E-state index contributed by atoms with van der Waals surface area (Å²) in [6, 6.07) is 0. The van der Waals surface area contributed by atoms with Gasteiger partial charge in [-0.3, -0.25) is 9.36 Å². The molecule has 0 amide bonds. The molecule has 0 saturated heterocycles. The highest BCUT2D eigenvalue weighted by Gasteiger charge is 2.27. The van der Waals surface area contributed by atoms with Gasteiger partial charge < -0.3 is 13.6 Å². The van der Waals surface area contributed by atoms with E-state index in [4.69, 9.17) is 0 Å². The maximum absolute atomic E-state index is 11.7. The van der Waals surface area contributed by atoms with Crippen molar-refractivity contribution in [1.82, 2.24) is 9.55 Å². The summed E-state index contributed by atoms with van der Waals surface area (Å²) in [5.41, 5.74) is 0. The molecule has 0 aliphatic carbocycles. The van der Waals surface area contributed by atoms with Crippen LogP contribution in [-0.2, 0) is 20.7 Å². The monoisotopic (exact) mass is 232 g/mol. The molecule has 0 bridgehead atoms. The molecule has 0 fully saturated rings. The number of hydrogen-bond acceptors (Lipinski definition) is 5. The molecule has 15 heavy (non-hydrogen) atoms. The molecule has 0 aliphatic rings. The normalized spacial score (nSPS) is 11.7. The van der Waals surface area contributed by atoms with Crippen LogP contribution < -0.4 is 0 Å². The van der Waals surface area contributed by atoms with E-state index in [1.165, 1.54) is 20.4 Å². The summed E-state index contributed by atoms with van der Waals surface area (Å²) in [6.45, 7) is 0. The average Bonchev–Trinajstić information content (AvgIpc) is 2.64. The Kier molecular flexibility index (Phi) is 3.79. The fourth-order valence-electron chi connectivity index (χ4n) is 1.08. The van der Waals surface area contributed by atoms with E-state index in [1.54, 1.807) is 17.8 Å². The minimum atomic E-state index is -3.30. The van der Waals surface area contributed by atoms with Crippen molar-refractivity contribution < 1.29 is 18.4 Å². The van der Waals surface area contributed by atoms with E-state index in [2.05, 4.69) is 14.0 Å². The molecule has 1 aromatic rings. The van der Waals surface area contributed by atoms with E-state index in [-0.39, 0.29) is 17.8 Å². The van der Waals surface area contributed by atoms with E-state index in [0.717, 1.165) is 0 Å². The number of Topliss-reactive ketones (excluding diaryl/α,β-unsaturated/α-hetero) is 1. The molecule has 6 nitrogen and oxygen atoms in total. The molecule has 1 rings (SSSR count). The number of aryl methyl sites for hydroxylation is 1. The van der Waals surface area contributed by atoms with Crippen LogP contribution in [0.25, 0.3) is 0 Å². The van der Waals surface area contributed by atoms with Crippen molar-refractivity contribution in [1.29, 1.82) is 0 Å². The maximum Gasteiger partial charge on any atom is 0.338 e. The Hall–Kier alpha value is -0.970. The molecule has 7 heteroatoms. The van der Waals surface area contributed by atoms with Crippen LogP contribution in [0, 0.1) is 0 Å². The standard InChI is InChI=1S/C8H13N2O4P/c1-10-5-4-9-8(10)7(11)6-15(12,13-2)14-3/h4-5H,6H2,1-3H3. The second kappa shape index (κ2) is 4.70. The van der Waals surface area contributed by atoms with Gasteiger partial charge in [0.1, 0.15) is 6.16 Å². The Labute approximate surface area is 87.7 Å². The Balaban J connectivity index is 2.81. The van der Waals surface area contributed by atoms with E-state index < -0.39 is 7.60 Å². The van der Waals surface area contributed by atoms with Crippen molar-refractivity contribution in [2.24, 2.45) is 7.05 Å². The fraction of sp³-hybridized carbons (Fsp3) is 0.500. The Bertz CT molecular complexity index is 393. The van der Waals surface area contributed by atoms with Crippen LogP contribution in [-0.4, -0.2) is 35.7 Å². The van der Waals surface area contributed by atoms with Crippen LogP contribution in [0.4, 0.5) is 0 Å². The molecule has 1 heterocycles. The van der Waals surface area contributed by atoms with Gasteiger partial charge in [0.05, 0.1) is 0 Å². The van der Waals surface area contributed by atoms with Gasteiger partial charge in [0.25, 0.3) is 0 Å². The van der Waals surface area contributed by atoms with Gasteiger partial charge in [0.2, 0.25) is 5.78 Å². The van der Waals surface area contributed by atoms with Crippen molar-refractivity contribution in [3.63, 3.8) is 0 Å². The largest absolute Gasteiger partial charge is 0.338 e. The zero-order chi connectivity index (χ0) is 11.5. The highest BCUT2D eigenvalue weighted by Crippen LogP contribution is 2.46. The van der Waals surface area contributed by atoms with Gasteiger partial charge in [0, 0.05) is 33.7 Å². The molecule has 0 radical (unpaired) electrons. The Morgan fingerprint density at radius 3 is 2.53 bits per heavy atom. The molecule has 0 unspecified atom stereocenters. The summed E-state index contributed by atoms with van der Waals surface area (Å²) >= 11 is 0. The maximum atomic E-state index is 11.7. The van der Waals surface area contributed by atoms with Crippen LogP contribution in [0.1, 0.15) is 10.6 Å². The second-order valence-corrected chi connectivity index (χ2v) is 5.19. The zero-order valence-electron chi connectivity index (χ0n) is 8.84. The number of hydrogen-bond donors (Lipinski definition) is 0. The van der Waals surface area contributed by atoms with Gasteiger partial charge >= 0.3 is 7.60 Å². The molecule has 0 aromatic carbocycles. The van der Waals surface area contributed by atoms with Gasteiger partial charge in [-0.1, -0.05) is 0 Å². The first-order valence-electron chi connectivity index (χ1n) is 4.23. The molecule has 84 valence electrons. The lowest BCUT2D eigenvalue weighted by Gasteiger charge is -2.11. The highest BCUT2D eigenvalue weighted by atomic mass is 31.2. The van der Waals surface area contributed by atoms with Crippen molar-refractivity contribution in [2.75, 3.05) is 20.4 Å². The number of rotatable bonds is 5. The van der Waals surface area contributed by atoms with E-state index in [0.29, 0.717) is 0 Å². The first kappa shape index (κ1) is 12.1. The topological polar surface area (TPSA) is 70.4 Å². The summed E-state index contributed by atoms with van der Waals surface area (Å²) < 4.78 is 22.6. The van der Waals surface area contributed by atoms with Crippen LogP contribution in [0.2, 0.25) is 0 Å². The van der Waals surface area contributed by atoms with Crippen LogP contribution in [0.3, 0.4) is 0 Å². The number of carbonyl (C=O) groups is 1. The first-order valence-corrected chi connectivity index (χ1v) is 5.96.